The van der Waals surface area contributed by atoms with Crippen LogP contribution in [0.2, 0.25) is 0 Å². The molecular formula is C15H22BFO2. The molecule has 0 amide bonds. The van der Waals surface area contributed by atoms with Crippen molar-refractivity contribution >= 4 is 12.6 Å². The predicted octanol–water partition coefficient (Wildman–Crippen LogP) is 3.25. The zero-order valence-electron chi connectivity index (χ0n) is 12.6. The highest BCUT2D eigenvalue weighted by Crippen LogP contribution is 2.36. The first-order valence-electron chi connectivity index (χ1n) is 6.79. The molecule has 1 aliphatic heterocycles. The fourth-order valence-corrected chi connectivity index (χ4v) is 2.07. The molecular weight excluding hydrogens is 242 g/mol. The van der Waals surface area contributed by atoms with Crippen molar-refractivity contribution in [1.82, 2.24) is 0 Å². The quantitative estimate of drug-likeness (QED) is 0.763. The minimum Gasteiger partial charge on any atom is -0.399 e. The lowest BCUT2D eigenvalue weighted by molar-refractivity contribution is 0.00578. The lowest BCUT2D eigenvalue weighted by atomic mass is 9.77. The number of hydrogen-bond acceptors (Lipinski definition) is 2. The van der Waals surface area contributed by atoms with Crippen molar-refractivity contribution in [1.29, 1.82) is 0 Å². The molecule has 1 aliphatic rings. The van der Waals surface area contributed by atoms with Gasteiger partial charge in [0.2, 0.25) is 0 Å². The number of rotatable bonds is 2. The van der Waals surface area contributed by atoms with Crippen LogP contribution >= 0.6 is 0 Å². The van der Waals surface area contributed by atoms with Gasteiger partial charge < -0.3 is 9.31 Å². The molecule has 0 atom stereocenters. The molecule has 1 heterocycles. The van der Waals surface area contributed by atoms with Gasteiger partial charge in [0.15, 0.2) is 0 Å². The SMILES string of the molecule is CC(C)c1ccc(F)c(B2OC(C)(C)C(C)(C)O2)c1. The molecule has 2 rings (SSSR count). The Morgan fingerprint density at radius 1 is 1.05 bits per heavy atom. The highest BCUT2D eigenvalue weighted by Gasteiger charge is 2.52. The summed E-state index contributed by atoms with van der Waals surface area (Å²) in [6.07, 6.45) is 0. The Morgan fingerprint density at radius 2 is 1.58 bits per heavy atom. The predicted molar refractivity (Wildman–Crippen MR) is 76.2 cm³/mol. The summed E-state index contributed by atoms with van der Waals surface area (Å²) in [7, 11) is -0.635. The van der Waals surface area contributed by atoms with Gasteiger partial charge >= 0.3 is 7.12 Å². The average molecular weight is 264 g/mol. The topological polar surface area (TPSA) is 18.5 Å². The molecule has 2 nitrogen and oxygen atoms in total. The zero-order valence-corrected chi connectivity index (χ0v) is 12.6. The second-order valence-electron chi connectivity index (χ2n) is 6.52. The first kappa shape index (κ1) is 14.5. The lowest BCUT2D eigenvalue weighted by Crippen LogP contribution is -2.41. The van der Waals surface area contributed by atoms with E-state index < -0.39 is 18.3 Å². The summed E-state index contributed by atoms with van der Waals surface area (Å²) in [5.74, 6) is 0.0738. The summed E-state index contributed by atoms with van der Waals surface area (Å²) < 4.78 is 25.8. The molecule has 0 unspecified atom stereocenters. The minimum atomic E-state index is -0.635. The van der Waals surface area contributed by atoms with Crippen LogP contribution in [0.5, 0.6) is 0 Å². The maximum absolute atomic E-state index is 14.0. The van der Waals surface area contributed by atoms with Crippen molar-refractivity contribution < 1.29 is 13.7 Å². The Morgan fingerprint density at radius 3 is 2.05 bits per heavy atom. The summed E-state index contributed by atoms with van der Waals surface area (Å²) in [5, 5.41) is 0. The van der Waals surface area contributed by atoms with Gasteiger partial charge in [0, 0.05) is 5.46 Å². The van der Waals surface area contributed by atoms with Crippen LogP contribution < -0.4 is 5.46 Å². The number of benzene rings is 1. The molecule has 19 heavy (non-hydrogen) atoms. The Balaban J connectivity index is 2.36. The van der Waals surface area contributed by atoms with Crippen LogP contribution in [-0.4, -0.2) is 18.3 Å². The van der Waals surface area contributed by atoms with E-state index in [0.717, 1.165) is 5.56 Å². The van der Waals surface area contributed by atoms with E-state index in [9.17, 15) is 4.39 Å². The highest BCUT2D eigenvalue weighted by atomic mass is 19.1. The summed E-state index contributed by atoms with van der Waals surface area (Å²) >= 11 is 0. The monoisotopic (exact) mass is 264 g/mol. The van der Waals surface area contributed by atoms with Gasteiger partial charge in [0.05, 0.1) is 11.2 Å². The largest absolute Gasteiger partial charge is 0.497 e. The van der Waals surface area contributed by atoms with Crippen molar-refractivity contribution in [2.24, 2.45) is 0 Å². The smallest absolute Gasteiger partial charge is 0.399 e. The minimum absolute atomic E-state index is 0.275. The van der Waals surface area contributed by atoms with Gasteiger partial charge in [0.1, 0.15) is 5.82 Å². The molecule has 1 aromatic carbocycles. The van der Waals surface area contributed by atoms with Crippen molar-refractivity contribution in [2.45, 2.75) is 58.7 Å². The number of halogens is 1. The molecule has 0 radical (unpaired) electrons. The van der Waals surface area contributed by atoms with Crippen LogP contribution in [0.4, 0.5) is 4.39 Å². The van der Waals surface area contributed by atoms with Gasteiger partial charge in [-0.1, -0.05) is 26.0 Å². The fourth-order valence-electron chi connectivity index (χ4n) is 2.07. The second kappa shape index (κ2) is 4.60. The van der Waals surface area contributed by atoms with Crippen LogP contribution in [0.15, 0.2) is 18.2 Å². The van der Waals surface area contributed by atoms with Crippen LogP contribution in [-0.2, 0) is 9.31 Å². The Labute approximate surface area is 115 Å². The molecule has 104 valence electrons. The Kier molecular flexibility index (Phi) is 3.52. The van der Waals surface area contributed by atoms with Gasteiger partial charge in [-0.2, -0.15) is 0 Å². The van der Waals surface area contributed by atoms with E-state index in [1.807, 2.05) is 39.8 Å². The molecule has 1 saturated heterocycles. The highest BCUT2D eigenvalue weighted by molar-refractivity contribution is 6.62. The summed E-state index contributed by atoms with van der Waals surface area (Å²) in [6, 6.07) is 5.16. The van der Waals surface area contributed by atoms with Crippen LogP contribution in [0.1, 0.15) is 53.0 Å². The normalized spacial score (nSPS) is 21.2. The number of hydrogen-bond donors (Lipinski definition) is 0. The molecule has 0 N–H and O–H groups in total. The third kappa shape index (κ3) is 2.56. The standard InChI is InChI=1S/C15H22BFO2/c1-10(2)11-7-8-13(17)12(9-11)16-18-14(3,4)15(5,6)19-16/h7-10H,1-6H3. The molecule has 0 aliphatic carbocycles. The summed E-state index contributed by atoms with van der Waals surface area (Å²) in [5.41, 5.74) is 0.687. The first-order chi connectivity index (χ1) is 8.64. The van der Waals surface area contributed by atoms with Gasteiger partial charge in [-0.3, -0.25) is 0 Å². The maximum atomic E-state index is 14.0. The Bertz CT molecular complexity index is 467. The van der Waals surface area contributed by atoms with Crippen molar-refractivity contribution in [3.05, 3.63) is 29.6 Å². The van der Waals surface area contributed by atoms with Gasteiger partial charge in [0.25, 0.3) is 0 Å². The van der Waals surface area contributed by atoms with E-state index >= 15 is 0 Å². The third-order valence-corrected chi connectivity index (χ3v) is 4.19. The van der Waals surface area contributed by atoms with Crippen LogP contribution in [0, 0.1) is 5.82 Å². The molecule has 0 saturated carbocycles. The molecule has 1 fully saturated rings. The third-order valence-electron chi connectivity index (χ3n) is 4.19. The fraction of sp³-hybridized carbons (Fsp3) is 0.600. The maximum Gasteiger partial charge on any atom is 0.497 e. The van der Waals surface area contributed by atoms with Crippen molar-refractivity contribution in [2.75, 3.05) is 0 Å². The summed E-state index contributed by atoms with van der Waals surface area (Å²) in [4.78, 5) is 0. The van der Waals surface area contributed by atoms with Crippen LogP contribution in [0.3, 0.4) is 0 Å². The molecule has 0 spiro atoms. The van der Waals surface area contributed by atoms with E-state index in [1.54, 1.807) is 0 Å². The van der Waals surface area contributed by atoms with E-state index in [4.69, 9.17) is 9.31 Å². The Hall–Kier alpha value is -0.865. The molecule has 0 bridgehead atoms. The molecule has 0 aromatic heterocycles. The lowest BCUT2D eigenvalue weighted by Gasteiger charge is -2.32. The zero-order chi connectivity index (χ0) is 14.4. The van der Waals surface area contributed by atoms with E-state index in [2.05, 4.69) is 13.8 Å². The van der Waals surface area contributed by atoms with Crippen molar-refractivity contribution in [3.8, 4) is 0 Å². The first-order valence-corrected chi connectivity index (χ1v) is 6.79. The average Bonchev–Trinajstić information content (AvgIpc) is 2.48. The summed E-state index contributed by atoms with van der Waals surface area (Å²) in [6.45, 7) is 12.0. The second-order valence-corrected chi connectivity index (χ2v) is 6.52. The van der Waals surface area contributed by atoms with Crippen LogP contribution in [0.25, 0.3) is 0 Å². The van der Waals surface area contributed by atoms with E-state index in [1.165, 1.54) is 6.07 Å². The van der Waals surface area contributed by atoms with Crippen molar-refractivity contribution in [3.63, 3.8) is 0 Å². The van der Waals surface area contributed by atoms with E-state index in [-0.39, 0.29) is 5.82 Å². The van der Waals surface area contributed by atoms with E-state index in [0.29, 0.717) is 11.4 Å². The van der Waals surface area contributed by atoms with Gasteiger partial charge in [-0.25, -0.2) is 4.39 Å². The molecule has 1 aromatic rings. The van der Waals surface area contributed by atoms with Gasteiger partial charge in [-0.05, 0) is 45.2 Å². The molecule has 4 heteroatoms. The van der Waals surface area contributed by atoms with Gasteiger partial charge in [-0.15, -0.1) is 0 Å².